The van der Waals surface area contributed by atoms with E-state index in [0.717, 1.165) is 49.2 Å². The second-order valence-electron chi connectivity index (χ2n) is 12.5. The van der Waals surface area contributed by atoms with Gasteiger partial charge in [0.15, 0.2) is 0 Å². The van der Waals surface area contributed by atoms with Crippen LogP contribution in [0.4, 0.5) is 22.0 Å². The first-order chi connectivity index (χ1) is 20.6. The summed E-state index contributed by atoms with van der Waals surface area (Å²) in [6, 6.07) is 13.0. The maximum atomic E-state index is 13.2. The van der Waals surface area contributed by atoms with Gasteiger partial charge in [0.2, 0.25) is 0 Å². The number of unbranched alkanes of at least 4 members (excludes halogenated alkanes) is 6. The third-order valence-corrected chi connectivity index (χ3v) is 10.9. The Morgan fingerprint density at radius 3 is 1.98 bits per heavy atom. The zero-order chi connectivity index (χ0) is 32.6. The number of phenolic OH excluding ortho intramolecular Hbond substituents is 2. The van der Waals surface area contributed by atoms with Crippen molar-refractivity contribution in [2.75, 3.05) is 5.75 Å². The molecule has 3 unspecified atom stereocenters. The number of aliphatic carboxylic acids is 1. The summed E-state index contributed by atoms with van der Waals surface area (Å²) < 4.78 is 63.7. The number of benzene rings is 2. The van der Waals surface area contributed by atoms with Crippen molar-refractivity contribution >= 4 is 17.7 Å². The first-order valence-corrected chi connectivity index (χ1v) is 16.6. The number of phenols is 2. The third kappa shape index (κ3) is 8.82. The van der Waals surface area contributed by atoms with E-state index < -0.39 is 29.9 Å². The molecule has 0 bridgehead atoms. The molecular formula is C34H45F5O4S. The number of carboxylic acid groups (broad SMARTS) is 1. The van der Waals surface area contributed by atoms with Gasteiger partial charge in [-0.3, -0.25) is 4.79 Å². The van der Waals surface area contributed by atoms with Crippen LogP contribution in [-0.4, -0.2) is 39.1 Å². The highest BCUT2D eigenvalue weighted by atomic mass is 32.2. The topological polar surface area (TPSA) is 77.8 Å². The molecule has 246 valence electrons. The number of hydrogen-bond donors (Lipinski definition) is 3. The van der Waals surface area contributed by atoms with Crippen molar-refractivity contribution in [1.82, 2.24) is 0 Å². The van der Waals surface area contributed by atoms with Crippen molar-refractivity contribution in [3.63, 3.8) is 0 Å². The Morgan fingerprint density at radius 1 is 0.841 bits per heavy atom. The van der Waals surface area contributed by atoms with Gasteiger partial charge in [0, 0.05) is 22.5 Å². The molecule has 3 atom stereocenters. The van der Waals surface area contributed by atoms with E-state index in [2.05, 4.69) is 6.92 Å². The maximum Gasteiger partial charge on any atom is 0.453 e. The van der Waals surface area contributed by atoms with Crippen LogP contribution in [0.15, 0.2) is 47.4 Å². The SMILES string of the molecule is CCC(CCCCCCCCC1c2ccc(O)cc2SCC1(C)c1ccc(O)cc1)(CCCCC(F)(F)C(F)(F)F)C(=O)O. The van der Waals surface area contributed by atoms with Gasteiger partial charge in [0.1, 0.15) is 11.5 Å². The molecule has 44 heavy (non-hydrogen) atoms. The summed E-state index contributed by atoms with van der Waals surface area (Å²) in [5.74, 6) is -4.20. The molecule has 1 aliphatic rings. The highest BCUT2D eigenvalue weighted by Crippen LogP contribution is 2.52. The minimum Gasteiger partial charge on any atom is -0.508 e. The Bertz CT molecular complexity index is 1220. The van der Waals surface area contributed by atoms with Crippen LogP contribution < -0.4 is 0 Å². The fourth-order valence-electron chi connectivity index (χ4n) is 6.52. The number of carboxylic acids is 1. The summed E-state index contributed by atoms with van der Waals surface area (Å²) in [4.78, 5) is 13.2. The van der Waals surface area contributed by atoms with E-state index in [4.69, 9.17) is 0 Å². The van der Waals surface area contributed by atoms with Crippen molar-refractivity contribution in [1.29, 1.82) is 0 Å². The molecule has 0 saturated heterocycles. The summed E-state index contributed by atoms with van der Waals surface area (Å²) in [5, 5.41) is 29.7. The van der Waals surface area contributed by atoms with Crippen molar-refractivity contribution in [2.45, 2.75) is 126 Å². The van der Waals surface area contributed by atoms with E-state index in [1.165, 1.54) is 11.1 Å². The number of carbonyl (C=O) groups is 1. The Labute approximate surface area is 261 Å². The second kappa shape index (κ2) is 15.2. The number of hydrogen-bond acceptors (Lipinski definition) is 4. The van der Waals surface area contributed by atoms with Crippen molar-refractivity contribution < 1.29 is 42.1 Å². The average Bonchev–Trinajstić information content (AvgIpc) is 2.96. The van der Waals surface area contributed by atoms with Gasteiger partial charge >= 0.3 is 18.1 Å². The predicted molar refractivity (Wildman–Crippen MR) is 164 cm³/mol. The molecule has 1 aliphatic heterocycles. The normalized spacial score (nSPS) is 20.2. The molecule has 3 N–H and O–H groups in total. The van der Waals surface area contributed by atoms with E-state index in [1.54, 1.807) is 36.9 Å². The lowest BCUT2D eigenvalue weighted by Gasteiger charge is -2.43. The lowest BCUT2D eigenvalue weighted by atomic mass is 9.68. The number of thioether (sulfide) groups is 1. The largest absolute Gasteiger partial charge is 0.508 e. The van der Waals surface area contributed by atoms with Crippen LogP contribution >= 0.6 is 11.8 Å². The average molecular weight is 645 g/mol. The summed E-state index contributed by atoms with van der Waals surface area (Å²) in [6.45, 7) is 3.99. The molecule has 1 heterocycles. The van der Waals surface area contributed by atoms with Gasteiger partial charge in [0.25, 0.3) is 0 Å². The van der Waals surface area contributed by atoms with Gasteiger partial charge in [-0.05, 0) is 73.4 Å². The highest BCUT2D eigenvalue weighted by molar-refractivity contribution is 7.99. The molecule has 3 rings (SSSR count). The summed E-state index contributed by atoms with van der Waals surface area (Å²) in [5.41, 5.74) is 1.14. The van der Waals surface area contributed by atoms with Crippen LogP contribution in [-0.2, 0) is 10.2 Å². The lowest BCUT2D eigenvalue weighted by Crippen LogP contribution is -2.36. The van der Waals surface area contributed by atoms with E-state index in [-0.39, 0.29) is 42.1 Å². The smallest absolute Gasteiger partial charge is 0.453 e. The predicted octanol–water partition coefficient (Wildman–Crippen LogP) is 10.6. The van der Waals surface area contributed by atoms with Gasteiger partial charge in [-0.25, -0.2) is 0 Å². The van der Waals surface area contributed by atoms with Crippen LogP contribution in [0, 0.1) is 5.41 Å². The molecule has 10 heteroatoms. The highest BCUT2D eigenvalue weighted by Gasteiger charge is 2.56. The molecule has 2 aromatic rings. The quantitative estimate of drug-likeness (QED) is 0.118. The molecule has 0 spiro atoms. The fraction of sp³-hybridized carbons (Fsp3) is 0.618. The molecule has 0 amide bonds. The number of aromatic hydroxyl groups is 2. The zero-order valence-electron chi connectivity index (χ0n) is 25.6. The van der Waals surface area contributed by atoms with Gasteiger partial charge in [-0.15, -0.1) is 11.8 Å². The van der Waals surface area contributed by atoms with Crippen LogP contribution in [0.3, 0.4) is 0 Å². The van der Waals surface area contributed by atoms with Gasteiger partial charge < -0.3 is 15.3 Å². The molecule has 0 fully saturated rings. The number of rotatable bonds is 17. The van der Waals surface area contributed by atoms with E-state index in [1.807, 2.05) is 24.3 Å². The monoisotopic (exact) mass is 644 g/mol. The van der Waals surface area contributed by atoms with Crippen molar-refractivity contribution in [2.24, 2.45) is 5.41 Å². The molecule has 0 saturated carbocycles. The standard InChI is InChI=1S/C34H45F5O4S/c1-3-32(30(42)43,20-10-11-21-33(35,36)34(37,38)39)19-9-7-5-4-6-8-12-28-27-18-17-26(41)22-29(27)44-23-31(28,2)24-13-15-25(40)16-14-24/h13-18,22,28,40-41H,3-12,19-21,23H2,1-2H3,(H,42,43). The minimum atomic E-state index is -5.59. The minimum absolute atomic E-state index is 0.0112. The Balaban J connectivity index is 1.48. The van der Waals surface area contributed by atoms with Crippen LogP contribution in [0.5, 0.6) is 11.5 Å². The van der Waals surface area contributed by atoms with E-state index in [9.17, 15) is 42.1 Å². The number of halogens is 5. The molecule has 2 aromatic carbocycles. The van der Waals surface area contributed by atoms with Gasteiger partial charge in [-0.1, -0.05) is 77.0 Å². The summed E-state index contributed by atoms with van der Waals surface area (Å²) in [7, 11) is 0. The van der Waals surface area contributed by atoms with E-state index >= 15 is 0 Å². The molecule has 4 nitrogen and oxygen atoms in total. The lowest BCUT2D eigenvalue weighted by molar-refractivity contribution is -0.284. The van der Waals surface area contributed by atoms with Crippen LogP contribution in [0.25, 0.3) is 0 Å². The molecule has 0 radical (unpaired) electrons. The van der Waals surface area contributed by atoms with Crippen molar-refractivity contribution in [3.05, 3.63) is 53.6 Å². The Hall–Kier alpha value is -2.49. The molecule has 0 aliphatic carbocycles. The fourth-order valence-corrected chi connectivity index (χ4v) is 7.93. The van der Waals surface area contributed by atoms with E-state index in [0.29, 0.717) is 19.3 Å². The first-order valence-electron chi connectivity index (χ1n) is 15.6. The summed E-state index contributed by atoms with van der Waals surface area (Å²) >= 11 is 1.74. The number of alkyl halides is 5. The summed E-state index contributed by atoms with van der Waals surface area (Å²) in [6.07, 6.45) is -0.134. The maximum absolute atomic E-state index is 13.2. The van der Waals surface area contributed by atoms with Crippen LogP contribution in [0.2, 0.25) is 0 Å². The Morgan fingerprint density at radius 2 is 1.39 bits per heavy atom. The Kier molecular flexibility index (Phi) is 12.4. The molecule has 0 aromatic heterocycles. The molecular weight excluding hydrogens is 599 g/mol. The first kappa shape index (κ1) is 36.0. The number of fused-ring (bicyclic) bond motifs is 1. The van der Waals surface area contributed by atoms with Gasteiger partial charge in [0.05, 0.1) is 5.41 Å². The second-order valence-corrected chi connectivity index (χ2v) is 13.6. The third-order valence-electron chi connectivity index (χ3n) is 9.54. The van der Waals surface area contributed by atoms with Crippen molar-refractivity contribution in [3.8, 4) is 11.5 Å². The van der Waals surface area contributed by atoms with Crippen LogP contribution in [0.1, 0.15) is 114 Å². The van der Waals surface area contributed by atoms with Gasteiger partial charge in [-0.2, -0.15) is 22.0 Å². The zero-order valence-corrected chi connectivity index (χ0v) is 26.4.